The van der Waals surface area contributed by atoms with E-state index >= 15 is 0 Å². The third kappa shape index (κ3) is 2.50. The van der Waals surface area contributed by atoms with E-state index in [-0.39, 0.29) is 6.10 Å². The molecular formula is C7H11BrN2OS. The molecule has 0 N–H and O–H groups in total. The molecule has 0 amide bonds. The minimum absolute atomic E-state index is 0.0533. The van der Waals surface area contributed by atoms with Crippen molar-refractivity contribution >= 4 is 27.5 Å². The summed E-state index contributed by atoms with van der Waals surface area (Å²) in [7, 11) is 1.69. The fourth-order valence-electron chi connectivity index (χ4n) is 0.961. The molecule has 1 rings (SSSR count). The molecule has 0 aliphatic heterocycles. The van der Waals surface area contributed by atoms with Crippen LogP contribution in [0.5, 0.6) is 0 Å². The van der Waals surface area contributed by atoms with Crippen LogP contribution in [0, 0.1) is 0 Å². The SMILES string of the molecule is CCCC(OC)c1nsc(Br)n1. The first-order valence-corrected chi connectivity index (χ1v) is 5.36. The maximum atomic E-state index is 5.25. The third-order valence-electron chi connectivity index (χ3n) is 1.54. The van der Waals surface area contributed by atoms with Crippen molar-refractivity contribution in [2.45, 2.75) is 25.9 Å². The Kier molecular flexibility index (Phi) is 4.11. The van der Waals surface area contributed by atoms with Gasteiger partial charge in [-0.3, -0.25) is 0 Å². The van der Waals surface area contributed by atoms with E-state index in [0.717, 1.165) is 22.6 Å². The van der Waals surface area contributed by atoms with Crippen LogP contribution in [0.25, 0.3) is 0 Å². The van der Waals surface area contributed by atoms with Crippen molar-refractivity contribution in [3.63, 3.8) is 0 Å². The number of nitrogens with zero attached hydrogens (tertiary/aromatic N) is 2. The molecule has 12 heavy (non-hydrogen) atoms. The van der Waals surface area contributed by atoms with Gasteiger partial charge in [-0.05, 0) is 33.9 Å². The highest BCUT2D eigenvalue weighted by Gasteiger charge is 2.14. The lowest BCUT2D eigenvalue weighted by molar-refractivity contribution is 0.0886. The Morgan fingerprint density at radius 2 is 2.42 bits per heavy atom. The topological polar surface area (TPSA) is 35.0 Å². The minimum Gasteiger partial charge on any atom is -0.373 e. The van der Waals surface area contributed by atoms with Gasteiger partial charge in [0.1, 0.15) is 6.10 Å². The zero-order chi connectivity index (χ0) is 8.97. The van der Waals surface area contributed by atoms with E-state index in [1.54, 1.807) is 7.11 Å². The van der Waals surface area contributed by atoms with Gasteiger partial charge in [0.25, 0.3) is 0 Å². The van der Waals surface area contributed by atoms with Crippen LogP contribution in [0.3, 0.4) is 0 Å². The van der Waals surface area contributed by atoms with Crippen molar-refractivity contribution in [1.82, 2.24) is 9.36 Å². The molecule has 0 aliphatic rings. The summed E-state index contributed by atoms with van der Waals surface area (Å²) in [5.41, 5.74) is 0. The summed E-state index contributed by atoms with van der Waals surface area (Å²) in [4.78, 5) is 4.20. The van der Waals surface area contributed by atoms with Gasteiger partial charge in [-0.1, -0.05) is 13.3 Å². The van der Waals surface area contributed by atoms with Gasteiger partial charge in [0.2, 0.25) is 0 Å². The third-order valence-corrected chi connectivity index (χ3v) is 2.67. The Morgan fingerprint density at radius 1 is 1.67 bits per heavy atom. The summed E-state index contributed by atoms with van der Waals surface area (Å²) in [5, 5.41) is 0. The molecule has 1 aromatic rings. The highest BCUT2D eigenvalue weighted by atomic mass is 79.9. The van der Waals surface area contributed by atoms with Crippen LogP contribution in [0.1, 0.15) is 31.7 Å². The van der Waals surface area contributed by atoms with Gasteiger partial charge in [-0.15, -0.1) is 0 Å². The Bertz CT molecular complexity index is 241. The van der Waals surface area contributed by atoms with E-state index in [9.17, 15) is 0 Å². The standard InChI is InChI=1S/C7H11BrN2OS/c1-3-4-5(11-2)6-9-7(8)12-10-6/h5H,3-4H2,1-2H3. The monoisotopic (exact) mass is 250 g/mol. The number of aromatic nitrogens is 2. The quantitative estimate of drug-likeness (QED) is 0.825. The predicted molar refractivity (Wildman–Crippen MR) is 52.3 cm³/mol. The highest BCUT2D eigenvalue weighted by molar-refractivity contribution is 9.11. The van der Waals surface area contributed by atoms with Crippen molar-refractivity contribution in [3.05, 3.63) is 9.74 Å². The molecule has 0 radical (unpaired) electrons. The maximum Gasteiger partial charge on any atom is 0.179 e. The fraction of sp³-hybridized carbons (Fsp3) is 0.714. The molecule has 1 atom stereocenters. The number of methoxy groups -OCH3 is 1. The van der Waals surface area contributed by atoms with E-state index in [2.05, 4.69) is 32.2 Å². The van der Waals surface area contributed by atoms with Gasteiger partial charge < -0.3 is 4.74 Å². The van der Waals surface area contributed by atoms with Crippen molar-refractivity contribution < 1.29 is 4.74 Å². The van der Waals surface area contributed by atoms with E-state index in [1.165, 1.54) is 11.5 Å². The molecule has 0 saturated carbocycles. The number of rotatable bonds is 4. The number of hydrogen-bond acceptors (Lipinski definition) is 4. The lowest BCUT2D eigenvalue weighted by atomic mass is 10.2. The summed E-state index contributed by atoms with van der Waals surface area (Å²) >= 11 is 4.62. The molecule has 1 unspecified atom stereocenters. The van der Waals surface area contributed by atoms with Crippen molar-refractivity contribution in [3.8, 4) is 0 Å². The second-order valence-corrected chi connectivity index (χ2v) is 4.45. The Labute approximate surface area is 84.5 Å². The normalized spacial score (nSPS) is 13.2. The Balaban J connectivity index is 2.66. The molecule has 0 bridgehead atoms. The van der Waals surface area contributed by atoms with Gasteiger partial charge in [0, 0.05) is 7.11 Å². The summed E-state index contributed by atoms with van der Waals surface area (Å²) in [5.74, 6) is 0.788. The van der Waals surface area contributed by atoms with E-state index in [0.29, 0.717) is 0 Å². The zero-order valence-corrected chi connectivity index (χ0v) is 9.48. The lowest BCUT2D eigenvalue weighted by Gasteiger charge is -2.08. The van der Waals surface area contributed by atoms with Gasteiger partial charge >= 0.3 is 0 Å². The molecule has 0 aliphatic carbocycles. The summed E-state index contributed by atoms with van der Waals surface area (Å²) in [6, 6.07) is 0. The van der Waals surface area contributed by atoms with Crippen LogP contribution in [-0.4, -0.2) is 16.5 Å². The van der Waals surface area contributed by atoms with Gasteiger partial charge in [0.15, 0.2) is 9.74 Å². The lowest BCUT2D eigenvalue weighted by Crippen LogP contribution is -2.02. The highest BCUT2D eigenvalue weighted by Crippen LogP contribution is 2.22. The Morgan fingerprint density at radius 3 is 2.83 bits per heavy atom. The molecule has 5 heteroatoms. The van der Waals surface area contributed by atoms with Crippen LogP contribution in [0.15, 0.2) is 3.92 Å². The molecule has 0 saturated heterocycles. The fourth-order valence-corrected chi connectivity index (χ4v) is 1.82. The molecule has 0 spiro atoms. The van der Waals surface area contributed by atoms with Crippen molar-refractivity contribution in [1.29, 1.82) is 0 Å². The maximum absolute atomic E-state index is 5.25. The van der Waals surface area contributed by atoms with E-state index < -0.39 is 0 Å². The van der Waals surface area contributed by atoms with Crippen LogP contribution in [0.4, 0.5) is 0 Å². The summed E-state index contributed by atoms with van der Waals surface area (Å²) in [6.07, 6.45) is 2.10. The number of ether oxygens (including phenoxy) is 1. The molecule has 3 nitrogen and oxygen atoms in total. The van der Waals surface area contributed by atoms with Crippen LogP contribution >= 0.6 is 27.5 Å². The minimum atomic E-state index is 0.0533. The van der Waals surface area contributed by atoms with Crippen molar-refractivity contribution in [2.75, 3.05) is 7.11 Å². The van der Waals surface area contributed by atoms with Crippen molar-refractivity contribution in [2.24, 2.45) is 0 Å². The van der Waals surface area contributed by atoms with E-state index in [1.807, 2.05) is 0 Å². The molecule has 0 fully saturated rings. The second-order valence-electron chi connectivity index (χ2n) is 2.42. The molecule has 1 heterocycles. The average molecular weight is 251 g/mol. The Hall–Kier alpha value is -0.0000000000000000555. The van der Waals surface area contributed by atoms with Crippen LogP contribution in [-0.2, 0) is 4.74 Å². The first-order chi connectivity index (χ1) is 5.77. The number of hydrogen-bond donors (Lipinski definition) is 0. The molecule has 0 aromatic carbocycles. The summed E-state index contributed by atoms with van der Waals surface area (Å²) in [6.45, 7) is 2.12. The van der Waals surface area contributed by atoms with Gasteiger partial charge in [-0.25, -0.2) is 4.98 Å². The van der Waals surface area contributed by atoms with Crippen LogP contribution in [0.2, 0.25) is 0 Å². The average Bonchev–Trinajstić information content (AvgIpc) is 2.47. The van der Waals surface area contributed by atoms with Gasteiger partial charge in [0.05, 0.1) is 0 Å². The first kappa shape index (κ1) is 10.1. The summed E-state index contributed by atoms with van der Waals surface area (Å²) < 4.78 is 10.2. The molecular weight excluding hydrogens is 240 g/mol. The zero-order valence-electron chi connectivity index (χ0n) is 7.08. The van der Waals surface area contributed by atoms with Crippen LogP contribution < -0.4 is 0 Å². The van der Waals surface area contributed by atoms with Gasteiger partial charge in [-0.2, -0.15) is 4.37 Å². The molecule has 68 valence electrons. The first-order valence-electron chi connectivity index (χ1n) is 3.79. The number of halogens is 1. The second kappa shape index (κ2) is 4.89. The predicted octanol–water partition coefficient (Wildman–Crippen LogP) is 2.79. The van der Waals surface area contributed by atoms with E-state index in [4.69, 9.17) is 4.74 Å². The smallest absolute Gasteiger partial charge is 0.179 e. The molecule has 1 aromatic heterocycles. The largest absolute Gasteiger partial charge is 0.373 e.